The number of aliphatic imine (C=N–C) groups is 1. The van der Waals surface area contributed by atoms with Gasteiger partial charge in [-0.15, -0.1) is 0 Å². The lowest BCUT2D eigenvalue weighted by Gasteiger charge is -2.31. The summed E-state index contributed by atoms with van der Waals surface area (Å²) in [6.07, 6.45) is 3.88. The predicted octanol–water partition coefficient (Wildman–Crippen LogP) is 2.18. The Morgan fingerprint density at radius 1 is 1.21 bits per heavy atom. The smallest absolute Gasteiger partial charge is 0.409 e. The van der Waals surface area contributed by atoms with Gasteiger partial charge in [-0.05, 0) is 44.7 Å². The van der Waals surface area contributed by atoms with E-state index in [1.54, 1.807) is 4.90 Å². The summed E-state index contributed by atoms with van der Waals surface area (Å²) in [6.45, 7) is 6.45. The molecule has 7 heteroatoms. The fourth-order valence-electron chi connectivity index (χ4n) is 4.01. The number of nitrogens with one attached hydrogen (secondary N) is 1. The van der Waals surface area contributed by atoms with Gasteiger partial charge in [-0.3, -0.25) is 9.89 Å². The summed E-state index contributed by atoms with van der Waals surface area (Å²) in [5.74, 6) is 0.515. The molecule has 0 aromatic heterocycles. The number of hydrogen-bond donors (Lipinski definition) is 2. The van der Waals surface area contributed by atoms with Gasteiger partial charge < -0.3 is 20.7 Å². The van der Waals surface area contributed by atoms with E-state index in [1.807, 2.05) is 6.92 Å². The maximum atomic E-state index is 11.8. The molecule has 1 aromatic rings. The van der Waals surface area contributed by atoms with Crippen LogP contribution in [-0.4, -0.2) is 66.7 Å². The molecular formula is C21H33N5O2. The third-order valence-corrected chi connectivity index (χ3v) is 5.57. The van der Waals surface area contributed by atoms with Crippen LogP contribution >= 0.6 is 0 Å². The van der Waals surface area contributed by atoms with Crippen molar-refractivity contribution < 1.29 is 9.53 Å². The number of carbonyl (C=O) groups is 1. The molecule has 0 bridgehead atoms. The average Bonchev–Trinajstić information content (AvgIpc) is 3.15. The molecule has 0 radical (unpaired) electrons. The maximum Gasteiger partial charge on any atom is 0.409 e. The molecule has 1 aromatic carbocycles. The van der Waals surface area contributed by atoms with Crippen molar-refractivity contribution in [1.82, 2.24) is 15.1 Å². The Bertz CT molecular complexity index is 643. The highest BCUT2D eigenvalue weighted by atomic mass is 16.6. The van der Waals surface area contributed by atoms with Crippen molar-refractivity contribution in [2.24, 2.45) is 10.7 Å². The van der Waals surface area contributed by atoms with Crippen LogP contribution in [-0.2, 0) is 11.3 Å². The van der Waals surface area contributed by atoms with Crippen LogP contribution in [0.1, 0.15) is 38.2 Å². The van der Waals surface area contributed by atoms with Crippen LogP contribution in [0.2, 0.25) is 0 Å². The van der Waals surface area contributed by atoms with Gasteiger partial charge in [-0.1, -0.05) is 30.3 Å². The van der Waals surface area contributed by atoms with E-state index in [-0.39, 0.29) is 12.1 Å². The normalized spacial score (nSPS) is 21.7. The summed E-state index contributed by atoms with van der Waals surface area (Å²) in [6, 6.07) is 11.3. The third-order valence-electron chi connectivity index (χ3n) is 5.57. The van der Waals surface area contributed by atoms with Gasteiger partial charge in [0.1, 0.15) is 0 Å². The molecule has 154 valence electrons. The van der Waals surface area contributed by atoms with Crippen molar-refractivity contribution in [2.75, 3.05) is 32.8 Å². The summed E-state index contributed by atoms with van der Waals surface area (Å²) in [7, 11) is 0. The van der Waals surface area contributed by atoms with E-state index < -0.39 is 0 Å². The lowest BCUT2D eigenvalue weighted by molar-refractivity contribution is 0.0963. The van der Waals surface area contributed by atoms with Crippen molar-refractivity contribution in [3.8, 4) is 0 Å². The molecule has 2 heterocycles. The summed E-state index contributed by atoms with van der Waals surface area (Å²) in [5.41, 5.74) is 7.48. The van der Waals surface area contributed by atoms with Gasteiger partial charge in [0, 0.05) is 31.7 Å². The van der Waals surface area contributed by atoms with E-state index in [1.165, 1.54) is 18.4 Å². The van der Waals surface area contributed by atoms with E-state index >= 15 is 0 Å². The van der Waals surface area contributed by atoms with Crippen molar-refractivity contribution in [3.05, 3.63) is 35.9 Å². The lowest BCUT2D eigenvalue weighted by atomic mass is 10.1. The quantitative estimate of drug-likeness (QED) is 0.577. The fraction of sp³-hybridized carbons (Fsp3) is 0.619. The zero-order valence-corrected chi connectivity index (χ0v) is 16.8. The number of rotatable bonds is 6. The first-order valence-corrected chi connectivity index (χ1v) is 10.4. The minimum absolute atomic E-state index is 0.220. The number of nitrogens with zero attached hydrogens (tertiary/aromatic N) is 3. The molecule has 0 saturated carbocycles. The van der Waals surface area contributed by atoms with Crippen LogP contribution in [0.25, 0.3) is 0 Å². The maximum absolute atomic E-state index is 11.8. The molecule has 0 aliphatic carbocycles. The first kappa shape index (κ1) is 20.5. The number of ether oxygens (including phenoxy) is 1. The van der Waals surface area contributed by atoms with Crippen molar-refractivity contribution >= 4 is 12.1 Å². The van der Waals surface area contributed by atoms with Crippen LogP contribution < -0.4 is 11.1 Å². The van der Waals surface area contributed by atoms with Gasteiger partial charge in [0.15, 0.2) is 5.96 Å². The van der Waals surface area contributed by atoms with Gasteiger partial charge in [-0.25, -0.2) is 4.79 Å². The van der Waals surface area contributed by atoms with E-state index in [2.05, 4.69) is 45.5 Å². The monoisotopic (exact) mass is 387 g/mol. The second-order valence-electron chi connectivity index (χ2n) is 7.58. The van der Waals surface area contributed by atoms with Crippen LogP contribution in [0, 0.1) is 0 Å². The molecule has 3 N–H and O–H groups in total. The lowest BCUT2D eigenvalue weighted by Crippen LogP contribution is -2.48. The number of nitrogens with two attached hydrogens (primary N) is 1. The summed E-state index contributed by atoms with van der Waals surface area (Å²) in [5, 5.41) is 3.33. The number of likely N-dealkylation sites (tertiary alicyclic amines) is 2. The van der Waals surface area contributed by atoms with Crippen molar-refractivity contribution in [1.29, 1.82) is 0 Å². The molecule has 28 heavy (non-hydrogen) atoms. The number of carbonyl (C=O) groups excluding carboxylic acids is 1. The first-order valence-electron chi connectivity index (χ1n) is 10.4. The Morgan fingerprint density at radius 3 is 2.68 bits per heavy atom. The Kier molecular flexibility index (Phi) is 7.54. The molecule has 1 amide bonds. The Morgan fingerprint density at radius 2 is 1.96 bits per heavy atom. The van der Waals surface area contributed by atoms with Gasteiger partial charge in [0.25, 0.3) is 0 Å². The van der Waals surface area contributed by atoms with Crippen molar-refractivity contribution in [3.63, 3.8) is 0 Å². The number of hydrogen-bond acceptors (Lipinski definition) is 4. The molecule has 2 saturated heterocycles. The standard InChI is InChI=1S/C21H33N5O2/c1-2-28-21(27)25-13-10-18(11-14-25)24-20(22)23-15-19-9-6-12-26(19)16-17-7-4-3-5-8-17/h3-5,7-8,18-19H,2,6,9-16H2,1H3,(H3,22,23,24). The van der Waals surface area contributed by atoms with Crippen LogP contribution in [0.4, 0.5) is 4.79 Å². The van der Waals surface area contributed by atoms with Gasteiger partial charge in [-0.2, -0.15) is 0 Å². The number of benzene rings is 1. The second-order valence-corrected chi connectivity index (χ2v) is 7.58. The highest BCUT2D eigenvalue weighted by Gasteiger charge is 2.25. The largest absolute Gasteiger partial charge is 0.450 e. The molecule has 2 aliphatic rings. The average molecular weight is 388 g/mol. The summed E-state index contributed by atoms with van der Waals surface area (Å²) >= 11 is 0. The molecule has 2 fully saturated rings. The number of piperidine rings is 1. The van der Waals surface area contributed by atoms with Crippen molar-refractivity contribution in [2.45, 2.75) is 51.2 Å². The van der Waals surface area contributed by atoms with Crippen LogP contribution in [0.15, 0.2) is 35.3 Å². The van der Waals surface area contributed by atoms with E-state index in [0.717, 1.165) is 32.5 Å². The Labute approximate surface area is 167 Å². The SMILES string of the molecule is CCOC(=O)N1CCC(NC(N)=NCC2CCCN2Cc2ccccc2)CC1. The molecule has 1 atom stereocenters. The second kappa shape index (κ2) is 10.3. The fourth-order valence-corrected chi connectivity index (χ4v) is 4.01. The minimum atomic E-state index is -0.220. The minimum Gasteiger partial charge on any atom is -0.450 e. The number of guanidine groups is 1. The molecule has 0 spiro atoms. The predicted molar refractivity (Wildman–Crippen MR) is 111 cm³/mol. The van der Waals surface area contributed by atoms with E-state index in [9.17, 15) is 4.79 Å². The molecular weight excluding hydrogens is 354 g/mol. The zero-order chi connectivity index (χ0) is 19.8. The highest BCUT2D eigenvalue weighted by Crippen LogP contribution is 2.20. The van der Waals surface area contributed by atoms with Gasteiger partial charge in [0.05, 0.1) is 13.2 Å². The topological polar surface area (TPSA) is 83.2 Å². The zero-order valence-electron chi connectivity index (χ0n) is 16.8. The summed E-state index contributed by atoms with van der Waals surface area (Å²) < 4.78 is 5.06. The molecule has 3 rings (SSSR count). The Hall–Kier alpha value is -2.28. The van der Waals surface area contributed by atoms with Crippen LogP contribution in [0.3, 0.4) is 0 Å². The third kappa shape index (κ3) is 5.86. The number of amides is 1. The van der Waals surface area contributed by atoms with E-state index in [4.69, 9.17) is 10.5 Å². The summed E-state index contributed by atoms with van der Waals surface area (Å²) in [4.78, 5) is 20.6. The molecule has 1 unspecified atom stereocenters. The van der Waals surface area contributed by atoms with Gasteiger partial charge >= 0.3 is 6.09 Å². The Balaban J connectivity index is 1.42. The molecule has 7 nitrogen and oxygen atoms in total. The molecule has 2 aliphatic heterocycles. The van der Waals surface area contributed by atoms with Crippen LogP contribution in [0.5, 0.6) is 0 Å². The van der Waals surface area contributed by atoms with E-state index in [0.29, 0.717) is 31.7 Å². The highest BCUT2D eigenvalue weighted by molar-refractivity contribution is 5.78. The van der Waals surface area contributed by atoms with Gasteiger partial charge in [0.2, 0.25) is 0 Å². The first-order chi connectivity index (χ1) is 13.7.